The predicted octanol–water partition coefficient (Wildman–Crippen LogP) is 2.28. The predicted molar refractivity (Wildman–Crippen MR) is 58.7 cm³/mol. The summed E-state index contributed by atoms with van der Waals surface area (Å²) < 4.78 is 0. The van der Waals surface area contributed by atoms with Crippen LogP contribution in [0.2, 0.25) is 0 Å². The molecule has 1 N–H and O–H groups in total. The molecule has 72 valence electrons. The number of nitrogens with one attached hydrogen (secondary N) is 1. The number of aryl methyl sites for hydroxylation is 1. The summed E-state index contributed by atoms with van der Waals surface area (Å²) in [4.78, 5) is 4.36. The van der Waals surface area contributed by atoms with Crippen molar-refractivity contribution >= 4 is 5.57 Å². The maximum atomic E-state index is 4.36. The smallest absolute Gasteiger partial charge is 0.0721 e. The highest BCUT2D eigenvalue weighted by atomic mass is 14.9. The van der Waals surface area contributed by atoms with E-state index in [1.165, 1.54) is 16.8 Å². The van der Waals surface area contributed by atoms with Gasteiger partial charge in [0.1, 0.15) is 0 Å². The van der Waals surface area contributed by atoms with E-state index in [1.807, 2.05) is 12.3 Å². The average Bonchev–Trinajstić information content (AvgIpc) is 2.18. The fourth-order valence-corrected chi connectivity index (χ4v) is 1.57. The zero-order chi connectivity index (χ0) is 9.97. The molecule has 1 aromatic heterocycles. The van der Waals surface area contributed by atoms with Crippen molar-refractivity contribution in [3.05, 3.63) is 47.4 Å². The van der Waals surface area contributed by atoms with Gasteiger partial charge in [-0.15, -0.1) is 0 Å². The van der Waals surface area contributed by atoms with Crippen LogP contribution in [0, 0.1) is 6.92 Å². The van der Waals surface area contributed by atoms with Crippen LogP contribution in [-0.2, 0) is 0 Å². The molecule has 0 fully saturated rings. The molecular formula is C12H14N2. The second-order valence-electron chi connectivity index (χ2n) is 3.54. The molecule has 0 amide bonds. The monoisotopic (exact) mass is 186 g/mol. The highest BCUT2D eigenvalue weighted by molar-refractivity contribution is 5.75. The topological polar surface area (TPSA) is 24.9 Å². The Labute approximate surface area is 84.4 Å². The first kappa shape index (κ1) is 9.00. The fraction of sp³-hybridized carbons (Fsp3) is 0.250. The van der Waals surface area contributed by atoms with Crippen LogP contribution in [0.1, 0.15) is 18.2 Å². The van der Waals surface area contributed by atoms with Gasteiger partial charge in [-0.1, -0.05) is 12.2 Å². The van der Waals surface area contributed by atoms with Gasteiger partial charge in [-0.2, -0.15) is 0 Å². The molecule has 0 saturated heterocycles. The number of rotatable bonds is 1. The molecule has 0 saturated carbocycles. The van der Waals surface area contributed by atoms with Gasteiger partial charge in [0, 0.05) is 24.0 Å². The maximum Gasteiger partial charge on any atom is 0.0721 e. The van der Waals surface area contributed by atoms with Crippen molar-refractivity contribution in [1.82, 2.24) is 10.3 Å². The zero-order valence-electron chi connectivity index (χ0n) is 8.54. The van der Waals surface area contributed by atoms with Crippen LogP contribution < -0.4 is 5.32 Å². The van der Waals surface area contributed by atoms with Gasteiger partial charge < -0.3 is 5.32 Å². The third-order valence-corrected chi connectivity index (χ3v) is 2.36. The van der Waals surface area contributed by atoms with Gasteiger partial charge in [0.15, 0.2) is 0 Å². The Morgan fingerprint density at radius 3 is 2.93 bits per heavy atom. The summed E-state index contributed by atoms with van der Waals surface area (Å²) in [6.07, 6.45) is 6.10. The summed E-state index contributed by atoms with van der Waals surface area (Å²) in [5.41, 5.74) is 4.69. The lowest BCUT2D eigenvalue weighted by Gasteiger charge is -2.14. The number of dihydropyridines is 1. The minimum absolute atomic E-state index is 0.918. The zero-order valence-corrected chi connectivity index (χ0v) is 8.54. The molecule has 2 nitrogen and oxygen atoms in total. The molecule has 1 aliphatic rings. The summed E-state index contributed by atoms with van der Waals surface area (Å²) in [7, 11) is 0. The molecule has 0 aromatic carbocycles. The Morgan fingerprint density at radius 1 is 1.36 bits per heavy atom. The Balaban J connectivity index is 2.44. The normalized spacial score (nSPS) is 15.6. The van der Waals surface area contributed by atoms with Crippen molar-refractivity contribution < 1.29 is 0 Å². The number of hydrogen-bond acceptors (Lipinski definition) is 2. The molecule has 0 spiro atoms. The maximum absolute atomic E-state index is 4.36. The Hall–Kier alpha value is -1.57. The SMILES string of the molecule is CC1=C(c2cc(C)ccn2)C=CCN1. The molecule has 1 aromatic rings. The van der Waals surface area contributed by atoms with Gasteiger partial charge in [0.25, 0.3) is 0 Å². The van der Waals surface area contributed by atoms with E-state index < -0.39 is 0 Å². The lowest BCUT2D eigenvalue weighted by atomic mass is 10.1. The standard InChI is InChI=1S/C12H14N2/c1-9-5-7-14-12(8-9)11-4-3-6-13-10(11)2/h3-5,7-8,13H,6H2,1-2H3. The molecule has 2 rings (SSSR count). The van der Waals surface area contributed by atoms with Crippen LogP contribution in [0.25, 0.3) is 5.57 Å². The molecule has 0 aliphatic carbocycles. The second kappa shape index (κ2) is 3.66. The first-order valence-corrected chi connectivity index (χ1v) is 4.81. The molecule has 2 heteroatoms. The number of pyridine rings is 1. The van der Waals surface area contributed by atoms with E-state index in [1.54, 1.807) is 0 Å². The van der Waals surface area contributed by atoms with Crippen molar-refractivity contribution in [2.24, 2.45) is 0 Å². The Kier molecular flexibility index (Phi) is 2.35. The summed E-state index contributed by atoms with van der Waals surface area (Å²) in [5.74, 6) is 0. The molecule has 0 bridgehead atoms. The van der Waals surface area contributed by atoms with Gasteiger partial charge in [0.2, 0.25) is 0 Å². The summed E-state index contributed by atoms with van der Waals surface area (Å²) >= 11 is 0. The summed E-state index contributed by atoms with van der Waals surface area (Å²) in [6.45, 7) is 5.09. The quantitative estimate of drug-likeness (QED) is 0.727. The highest BCUT2D eigenvalue weighted by Crippen LogP contribution is 2.19. The van der Waals surface area contributed by atoms with E-state index in [0.717, 1.165) is 12.2 Å². The van der Waals surface area contributed by atoms with Gasteiger partial charge in [-0.3, -0.25) is 4.98 Å². The van der Waals surface area contributed by atoms with E-state index in [4.69, 9.17) is 0 Å². The number of aromatic nitrogens is 1. The van der Waals surface area contributed by atoms with Crippen molar-refractivity contribution in [2.45, 2.75) is 13.8 Å². The fourth-order valence-electron chi connectivity index (χ4n) is 1.57. The van der Waals surface area contributed by atoms with Crippen LogP contribution in [0.3, 0.4) is 0 Å². The van der Waals surface area contributed by atoms with Gasteiger partial charge in [-0.05, 0) is 31.5 Å². The van der Waals surface area contributed by atoms with Crippen molar-refractivity contribution in [3.63, 3.8) is 0 Å². The molecule has 0 radical (unpaired) electrons. The average molecular weight is 186 g/mol. The minimum Gasteiger partial charge on any atom is -0.385 e. The third-order valence-electron chi connectivity index (χ3n) is 2.36. The molecule has 0 unspecified atom stereocenters. The van der Waals surface area contributed by atoms with E-state index in [0.29, 0.717) is 0 Å². The second-order valence-corrected chi connectivity index (χ2v) is 3.54. The third kappa shape index (κ3) is 1.69. The molecule has 0 atom stereocenters. The largest absolute Gasteiger partial charge is 0.385 e. The number of hydrogen-bond donors (Lipinski definition) is 1. The van der Waals surface area contributed by atoms with Gasteiger partial charge in [0.05, 0.1) is 5.69 Å². The van der Waals surface area contributed by atoms with Crippen LogP contribution >= 0.6 is 0 Å². The number of nitrogens with zero attached hydrogens (tertiary/aromatic N) is 1. The summed E-state index contributed by atoms with van der Waals surface area (Å²) in [5, 5.41) is 3.30. The van der Waals surface area contributed by atoms with Gasteiger partial charge >= 0.3 is 0 Å². The van der Waals surface area contributed by atoms with E-state index in [9.17, 15) is 0 Å². The first-order valence-electron chi connectivity index (χ1n) is 4.81. The Bertz CT molecular complexity index is 403. The molecule has 14 heavy (non-hydrogen) atoms. The van der Waals surface area contributed by atoms with Crippen molar-refractivity contribution in [1.29, 1.82) is 0 Å². The van der Waals surface area contributed by atoms with Crippen LogP contribution in [0.15, 0.2) is 36.2 Å². The lowest BCUT2D eigenvalue weighted by molar-refractivity contribution is 0.895. The van der Waals surface area contributed by atoms with Crippen LogP contribution in [-0.4, -0.2) is 11.5 Å². The highest BCUT2D eigenvalue weighted by Gasteiger charge is 2.06. The molecular weight excluding hydrogens is 172 g/mol. The van der Waals surface area contributed by atoms with Gasteiger partial charge in [-0.25, -0.2) is 0 Å². The Morgan fingerprint density at radius 2 is 2.21 bits per heavy atom. The summed E-state index contributed by atoms with van der Waals surface area (Å²) in [6, 6.07) is 4.12. The molecule has 1 aliphatic heterocycles. The van der Waals surface area contributed by atoms with E-state index >= 15 is 0 Å². The van der Waals surface area contributed by atoms with Crippen molar-refractivity contribution in [2.75, 3.05) is 6.54 Å². The van der Waals surface area contributed by atoms with Crippen LogP contribution in [0.5, 0.6) is 0 Å². The lowest BCUT2D eigenvalue weighted by Crippen LogP contribution is -2.15. The first-order chi connectivity index (χ1) is 6.77. The van der Waals surface area contributed by atoms with E-state index in [-0.39, 0.29) is 0 Å². The number of allylic oxidation sites excluding steroid dienone is 3. The van der Waals surface area contributed by atoms with Crippen molar-refractivity contribution in [3.8, 4) is 0 Å². The molecule has 2 heterocycles. The van der Waals surface area contributed by atoms with E-state index in [2.05, 4.69) is 42.4 Å². The minimum atomic E-state index is 0.918. The van der Waals surface area contributed by atoms with Crippen LogP contribution in [0.4, 0.5) is 0 Å².